The first kappa shape index (κ1) is 35.2. The zero-order valence-electron chi connectivity index (χ0n) is 27.2. The standard InChI is InChI=1S/C37H39Cl2N3O6/c1-42-17-15-28(16-18-42)47-37(44)35(25-7-5-4-6-8-25)41-21-24-9-11-26(12-10-24)36(43)48-33(20-29-30(38)22-40-23-31(29)39)27-13-14-32(45-2)34(19-27)46-3/h4-14,19,22-23,28,33,35,41H,15-18,20-21H2,1-3H3/p+1/t33-,35?/m0/s1. The largest absolute Gasteiger partial charge is 0.493 e. The molecule has 0 spiro atoms. The van der Waals surface area contributed by atoms with E-state index in [1.165, 1.54) is 0 Å². The average molecular weight is 694 g/mol. The molecular formula is C37H40Cl2N3O6+. The van der Waals surface area contributed by atoms with Gasteiger partial charge in [-0.2, -0.15) is 0 Å². The van der Waals surface area contributed by atoms with Crippen molar-refractivity contribution in [2.75, 3.05) is 34.4 Å². The highest BCUT2D eigenvalue weighted by Crippen LogP contribution is 2.35. The summed E-state index contributed by atoms with van der Waals surface area (Å²) >= 11 is 12.9. The number of aromatic amines is 1. The fourth-order valence-electron chi connectivity index (χ4n) is 5.63. The first-order valence-electron chi connectivity index (χ1n) is 15.8. The van der Waals surface area contributed by atoms with E-state index in [0.29, 0.717) is 44.8 Å². The molecule has 0 amide bonds. The first-order valence-corrected chi connectivity index (χ1v) is 16.5. The summed E-state index contributed by atoms with van der Waals surface area (Å²) < 4.78 is 22.9. The van der Waals surface area contributed by atoms with Crippen LogP contribution in [-0.2, 0) is 27.2 Å². The maximum atomic E-state index is 13.5. The number of methoxy groups -OCH3 is 2. The van der Waals surface area contributed by atoms with Gasteiger partial charge in [0.05, 0.1) is 19.8 Å². The number of aromatic nitrogens is 1. The van der Waals surface area contributed by atoms with Gasteiger partial charge in [0.2, 0.25) is 0 Å². The monoisotopic (exact) mass is 692 g/mol. The first-order chi connectivity index (χ1) is 23.2. The molecule has 252 valence electrons. The van der Waals surface area contributed by atoms with Crippen molar-refractivity contribution in [3.05, 3.63) is 123 Å². The van der Waals surface area contributed by atoms with Gasteiger partial charge in [0, 0.05) is 31.6 Å². The molecule has 1 aliphatic rings. The fraction of sp³-hybridized carbons (Fsp3) is 0.324. The van der Waals surface area contributed by atoms with E-state index in [-0.39, 0.29) is 18.5 Å². The Kier molecular flexibility index (Phi) is 12.3. The third kappa shape index (κ3) is 9.05. The number of hydrogen-bond donors (Lipinski definition) is 1. The van der Waals surface area contributed by atoms with Crippen LogP contribution in [0.15, 0.2) is 85.2 Å². The molecule has 0 aliphatic carbocycles. The van der Waals surface area contributed by atoms with Crippen LogP contribution in [0.4, 0.5) is 0 Å². The molecule has 2 atom stereocenters. The van der Waals surface area contributed by atoms with Crippen LogP contribution in [0, 0.1) is 0 Å². The van der Waals surface area contributed by atoms with E-state index in [9.17, 15) is 9.59 Å². The minimum Gasteiger partial charge on any atom is -0.493 e. The van der Waals surface area contributed by atoms with Gasteiger partial charge in [-0.3, -0.25) is 5.32 Å². The van der Waals surface area contributed by atoms with Gasteiger partial charge in [-0.05, 0) is 60.8 Å². The summed E-state index contributed by atoms with van der Waals surface area (Å²) in [7, 11) is 5.17. The number of nitrogens with one attached hydrogen (secondary N) is 2. The normalized spacial score (nSPS) is 14.9. The molecule has 1 aliphatic heterocycles. The van der Waals surface area contributed by atoms with Gasteiger partial charge in [-0.15, -0.1) is 0 Å². The molecule has 0 radical (unpaired) electrons. The number of hydrogen-bond acceptors (Lipinski definition) is 8. The minimum atomic E-state index is -0.738. The smallest absolute Gasteiger partial charge is 0.338 e. The predicted molar refractivity (Wildman–Crippen MR) is 183 cm³/mol. The maximum absolute atomic E-state index is 13.5. The van der Waals surface area contributed by atoms with Crippen molar-refractivity contribution in [3.63, 3.8) is 0 Å². The number of likely N-dealkylation sites (tertiary alicyclic amines) is 1. The molecule has 2 heterocycles. The van der Waals surface area contributed by atoms with Gasteiger partial charge >= 0.3 is 11.9 Å². The third-order valence-electron chi connectivity index (χ3n) is 8.43. The van der Waals surface area contributed by atoms with Crippen LogP contribution in [0.1, 0.15) is 57.6 Å². The topological polar surface area (TPSA) is 100 Å². The quantitative estimate of drug-likeness (QED) is 0.160. The van der Waals surface area contributed by atoms with Crippen molar-refractivity contribution in [2.24, 2.45) is 0 Å². The van der Waals surface area contributed by atoms with Crippen LogP contribution in [0.2, 0.25) is 10.0 Å². The maximum Gasteiger partial charge on any atom is 0.338 e. The molecule has 5 rings (SSSR count). The SMILES string of the molecule is COc1ccc([C@H](Cc2c(Cl)c[nH+]cc2Cl)OC(=O)c2ccc(CNC(C(=O)OC3CCN(C)CC3)c3ccccc3)cc2)cc1OC. The number of nitrogens with zero attached hydrogens (tertiary/aromatic N) is 1. The van der Waals surface area contributed by atoms with Crippen molar-refractivity contribution in [3.8, 4) is 11.5 Å². The number of piperidine rings is 1. The second-order valence-corrected chi connectivity index (χ2v) is 12.5. The van der Waals surface area contributed by atoms with E-state index in [4.69, 9.17) is 42.1 Å². The Morgan fingerprint density at radius 2 is 1.56 bits per heavy atom. The van der Waals surface area contributed by atoms with Crippen molar-refractivity contribution in [1.29, 1.82) is 0 Å². The lowest BCUT2D eigenvalue weighted by Gasteiger charge is -2.30. The number of carbonyl (C=O) groups is 2. The number of H-pyrrole nitrogens is 1. The van der Waals surface area contributed by atoms with Gasteiger partial charge in [0.1, 0.15) is 28.3 Å². The van der Waals surface area contributed by atoms with E-state index in [2.05, 4.69) is 22.2 Å². The Labute approximate surface area is 291 Å². The van der Waals surface area contributed by atoms with Gasteiger partial charge in [0.15, 0.2) is 23.9 Å². The van der Waals surface area contributed by atoms with Gasteiger partial charge < -0.3 is 23.8 Å². The summed E-state index contributed by atoms with van der Waals surface area (Å²) in [6, 6.07) is 21.3. The molecular weight excluding hydrogens is 653 g/mol. The average Bonchev–Trinajstić information content (AvgIpc) is 3.10. The summed E-state index contributed by atoms with van der Waals surface area (Å²) in [4.78, 5) is 32.0. The van der Waals surface area contributed by atoms with Gasteiger partial charge in [0.25, 0.3) is 0 Å². The Bertz CT molecular complexity index is 1660. The van der Waals surface area contributed by atoms with Gasteiger partial charge in [-0.25, -0.2) is 14.6 Å². The predicted octanol–water partition coefficient (Wildman–Crippen LogP) is 6.43. The second-order valence-electron chi connectivity index (χ2n) is 11.7. The highest BCUT2D eigenvalue weighted by molar-refractivity contribution is 6.35. The Balaban J connectivity index is 1.29. The zero-order chi connectivity index (χ0) is 34.0. The molecule has 2 N–H and O–H groups in total. The molecule has 1 unspecified atom stereocenters. The molecule has 0 bridgehead atoms. The highest BCUT2D eigenvalue weighted by Gasteiger charge is 2.27. The number of rotatable bonds is 13. The van der Waals surface area contributed by atoms with Crippen LogP contribution in [-0.4, -0.2) is 57.3 Å². The molecule has 48 heavy (non-hydrogen) atoms. The molecule has 1 saturated heterocycles. The molecule has 9 nitrogen and oxygen atoms in total. The third-order valence-corrected chi connectivity index (χ3v) is 9.11. The summed E-state index contributed by atoms with van der Waals surface area (Å²) in [5.41, 5.74) is 3.39. The second kappa shape index (κ2) is 16.8. The summed E-state index contributed by atoms with van der Waals surface area (Å²) in [5.74, 6) is 0.225. The lowest BCUT2D eigenvalue weighted by molar-refractivity contribution is -0.377. The number of pyridine rings is 1. The van der Waals surface area contributed by atoms with Crippen LogP contribution in [0.25, 0.3) is 0 Å². The Morgan fingerprint density at radius 3 is 2.21 bits per heavy atom. The van der Waals surface area contributed by atoms with Crippen molar-refractivity contribution in [2.45, 2.75) is 44.1 Å². The molecule has 0 saturated carbocycles. The molecule has 4 aromatic rings. The van der Waals surface area contributed by atoms with E-state index in [0.717, 1.165) is 37.1 Å². The number of benzene rings is 3. The summed E-state index contributed by atoms with van der Waals surface area (Å²) in [6.07, 6.45) is 4.28. The van der Waals surface area contributed by atoms with Gasteiger partial charge in [-0.1, -0.05) is 71.7 Å². The van der Waals surface area contributed by atoms with Crippen molar-refractivity contribution in [1.82, 2.24) is 10.2 Å². The summed E-state index contributed by atoms with van der Waals surface area (Å²) in [5, 5.41) is 4.20. The van der Waals surface area contributed by atoms with Crippen LogP contribution in [0.5, 0.6) is 11.5 Å². The van der Waals surface area contributed by atoms with Crippen molar-refractivity contribution >= 4 is 35.1 Å². The number of carbonyl (C=O) groups excluding carboxylic acids is 2. The molecule has 3 aromatic carbocycles. The van der Waals surface area contributed by atoms with Crippen LogP contribution in [0.3, 0.4) is 0 Å². The zero-order valence-corrected chi connectivity index (χ0v) is 28.7. The van der Waals surface area contributed by atoms with Crippen LogP contribution < -0.4 is 19.8 Å². The lowest BCUT2D eigenvalue weighted by Crippen LogP contribution is -2.38. The molecule has 1 aromatic heterocycles. The number of ether oxygens (including phenoxy) is 4. The Hall–Kier alpha value is -4.15. The fourth-order valence-corrected chi connectivity index (χ4v) is 6.16. The van der Waals surface area contributed by atoms with Crippen molar-refractivity contribution < 1.29 is 33.5 Å². The number of esters is 2. The van der Waals surface area contributed by atoms with E-state index in [1.807, 2.05) is 48.5 Å². The van der Waals surface area contributed by atoms with Crippen LogP contribution >= 0.6 is 23.2 Å². The summed E-state index contributed by atoms with van der Waals surface area (Å²) in [6.45, 7) is 2.18. The highest BCUT2D eigenvalue weighted by atomic mass is 35.5. The minimum absolute atomic E-state index is 0.0953. The lowest BCUT2D eigenvalue weighted by atomic mass is 10.0. The van der Waals surface area contributed by atoms with E-state index < -0.39 is 18.1 Å². The van der Waals surface area contributed by atoms with E-state index in [1.54, 1.807) is 50.9 Å². The molecule has 11 heteroatoms. The van der Waals surface area contributed by atoms with E-state index >= 15 is 0 Å². The Morgan fingerprint density at radius 1 is 0.896 bits per heavy atom. The molecule has 1 fully saturated rings. The number of halogens is 2.